The summed E-state index contributed by atoms with van der Waals surface area (Å²) >= 11 is 0. The summed E-state index contributed by atoms with van der Waals surface area (Å²) < 4.78 is 20.2. The van der Waals surface area contributed by atoms with E-state index in [1.807, 2.05) is 50.8 Å². The van der Waals surface area contributed by atoms with Gasteiger partial charge in [-0.3, -0.25) is 38.8 Å². The standard InChI is InChI=1S/C31H50N4O9/c1-5-44-26-12-10-25(11-13-26)8-6-7-9-27(31(39)40)35-20-18-33(23-29(37)42-3)16-14-32(22-28(36)41-2)15-17-34(19-21-35)24-30(38)43-4/h10-13,27H,5-9,14-24H2,1-4H3,(H,39,40). The molecule has 0 aromatic heterocycles. The van der Waals surface area contributed by atoms with E-state index < -0.39 is 23.9 Å². The molecule has 13 heteroatoms. The molecule has 1 unspecified atom stereocenters. The van der Waals surface area contributed by atoms with Gasteiger partial charge in [0.25, 0.3) is 0 Å². The van der Waals surface area contributed by atoms with Gasteiger partial charge in [0.1, 0.15) is 11.8 Å². The minimum atomic E-state index is -0.901. The summed E-state index contributed by atoms with van der Waals surface area (Å²) in [7, 11) is 4.00. The number of carboxylic acid groups (broad SMARTS) is 1. The van der Waals surface area contributed by atoms with Crippen LogP contribution in [0.2, 0.25) is 0 Å². The SMILES string of the molecule is CCOc1ccc(CCCCC(C(=O)O)N2CCN(CC(=O)OC)CCN(CC(=O)OC)CCN(CC(=O)OC)CC2)cc1. The van der Waals surface area contributed by atoms with Gasteiger partial charge in [0.15, 0.2) is 0 Å². The summed E-state index contributed by atoms with van der Waals surface area (Å²) in [5.74, 6) is -1.24. The largest absolute Gasteiger partial charge is 0.494 e. The van der Waals surface area contributed by atoms with Crippen molar-refractivity contribution in [2.45, 2.75) is 38.6 Å². The molecule has 0 amide bonds. The average Bonchev–Trinajstić information content (AvgIpc) is 3.01. The molecule has 1 saturated heterocycles. The molecule has 2 rings (SSSR count). The van der Waals surface area contributed by atoms with Crippen molar-refractivity contribution < 1.29 is 43.2 Å². The molecule has 1 fully saturated rings. The number of carboxylic acids is 1. The van der Waals surface area contributed by atoms with E-state index in [4.69, 9.17) is 18.9 Å². The Morgan fingerprint density at radius 2 is 1.14 bits per heavy atom. The Labute approximate surface area is 260 Å². The molecule has 1 N–H and O–H groups in total. The smallest absolute Gasteiger partial charge is 0.320 e. The molecule has 1 aromatic rings. The fourth-order valence-corrected chi connectivity index (χ4v) is 5.13. The first-order chi connectivity index (χ1) is 21.2. The number of benzene rings is 1. The predicted octanol–water partition coefficient (Wildman–Crippen LogP) is 0.992. The van der Waals surface area contributed by atoms with E-state index >= 15 is 0 Å². The molecule has 0 saturated carbocycles. The fraction of sp³-hybridized carbons (Fsp3) is 0.677. The zero-order valence-electron chi connectivity index (χ0n) is 26.7. The number of methoxy groups -OCH3 is 3. The highest BCUT2D eigenvalue weighted by atomic mass is 16.5. The van der Waals surface area contributed by atoms with Crippen LogP contribution in [0.15, 0.2) is 24.3 Å². The maximum Gasteiger partial charge on any atom is 0.320 e. The van der Waals surface area contributed by atoms with Crippen LogP contribution in [0.1, 0.15) is 31.7 Å². The van der Waals surface area contributed by atoms with E-state index in [0.29, 0.717) is 65.4 Å². The third kappa shape index (κ3) is 14.0. The third-order valence-electron chi connectivity index (χ3n) is 7.77. The van der Waals surface area contributed by atoms with Crippen LogP contribution >= 0.6 is 0 Å². The van der Waals surface area contributed by atoms with Crippen molar-refractivity contribution in [1.82, 2.24) is 19.6 Å². The van der Waals surface area contributed by atoms with Gasteiger partial charge in [0, 0.05) is 52.4 Å². The molecule has 0 spiro atoms. The summed E-state index contributed by atoms with van der Waals surface area (Å²) in [5.41, 5.74) is 1.17. The topological polar surface area (TPSA) is 138 Å². The number of aryl methyl sites for hydroxylation is 1. The maximum atomic E-state index is 12.5. The van der Waals surface area contributed by atoms with Crippen LogP contribution < -0.4 is 4.74 Å². The number of esters is 3. The Bertz CT molecular complexity index is 990. The van der Waals surface area contributed by atoms with Crippen molar-refractivity contribution in [2.75, 3.05) is 99.9 Å². The Balaban J connectivity index is 2.16. The van der Waals surface area contributed by atoms with E-state index in [9.17, 15) is 24.3 Å². The molecule has 0 radical (unpaired) electrons. The lowest BCUT2D eigenvalue weighted by molar-refractivity contribution is -0.146. The minimum absolute atomic E-state index is 0.0463. The molecule has 248 valence electrons. The highest BCUT2D eigenvalue weighted by Crippen LogP contribution is 2.16. The van der Waals surface area contributed by atoms with Crippen molar-refractivity contribution in [3.63, 3.8) is 0 Å². The number of nitrogens with zero attached hydrogens (tertiary/aromatic N) is 4. The Kier molecular flexibility index (Phi) is 17.3. The molecule has 13 nitrogen and oxygen atoms in total. The number of hydrogen-bond donors (Lipinski definition) is 1. The van der Waals surface area contributed by atoms with E-state index in [1.165, 1.54) is 26.9 Å². The number of aliphatic carboxylic acids is 1. The molecule has 44 heavy (non-hydrogen) atoms. The molecule has 0 bridgehead atoms. The quantitative estimate of drug-likeness (QED) is 0.169. The van der Waals surface area contributed by atoms with Crippen molar-refractivity contribution in [1.29, 1.82) is 0 Å². The molecule has 1 heterocycles. The van der Waals surface area contributed by atoms with Gasteiger partial charge in [-0.15, -0.1) is 0 Å². The van der Waals surface area contributed by atoms with Gasteiger partial charge in [-0.05, 0) is 43.9 Å². The van der Waals surface area contributed by atoms with Crippen LogP contribution in [0, 0.1) is 0 Å². The summed E-state index contributed by atoms with van der Waals surface area (Å²) in [4.78, 5) is 56.7. The van der Waals surface area contributed by atoms with Crippen LogP contribution in [0.5, 0.6) is 5.75 Å². The zero-order valence-corrected chi connectivity index (χ0v) is 26.7. The van der Waals surface area contributed by atoms with Crippen molar-refractivity contribution in [3.8, 4) is 5.75 Å². The maximum absolute atomic E-state index is 12.5. The average molecular weight is 623 g/mol. The number of carbonyl (C=O) groups excluding carboxylic acids is 3. The normalized spacial score (nSPS) is 17.1. The van der Waals surface area contributed by atoms with Crippen LogP contribution in [-0.2, 0) is 39.8 Å². The molecule has 1 aromatic carbocycles. The zero-order chi connectivity index (χ0) is 32.3. The molecular formula is C31H50N4O9. The van der Waals surface area contributed by atoms with Gasteiger partial charge in [-0.1, -0.05) is 18.6 Å². The van der Waals surface area contributed by atoms with E-state index in [1.54, 1.807) is 0 Å². The molecule has 1 aliphatic rings. The summed E-state index contributed by atoms with van der Waals surface area (Å²) in [6.45, 7) is 6.20. The number of hydrogen-bond acceptors (Lipinski definition) is 12. The fourth-order valence-electron chi connectivity index (χ4n) is 5.13. The van der Waals surface area contributed by atoms with Gasteiger partial charge in [0.2, 0.25) is 0 Å². The Morgan fingerprint density at radius 1 is 0.705 bits per heavy atom. The number of unbranched alkanes of at least 4 members (excludes halogenated alkanes) is 1. The van der Waals surface area contributed by atoms with Crippen LogP contribution in [0.3, 0.4) is 0 Å². The van der Waals surface area contributed by atoms with Gasteiger partial charge in [-0.2, -0.15) is 0 Å². The van der Waals surface area contributed by atoms with E-state index in [-0.39, 0.29) is 25.6 Å². The first-order valence-electron chi connectivity index (χ1n) is 15.2. The van der Waals surface area contributed by atoms with E-state index in [2.05, 4.69) is 0 Å². The van der Waals surface area contributed by atoms with Gasteiger partial charge >= 0.3 is 23.9 Å². The second-order valence-corrected chi connectivity index (χ2v) is 10.8. The number of rotatable bonds is 15. The molecule has 1 aliphatic heterocycles. The van der Waals surface area contributed by atoms with E-state index in [0.717, 1.165) is 25.0 Å². The third-order valence-corrected chi connectivity index (χ3v) is 7.77. The van der Waals surface area contributed by atoms with Crippen LogP contribution in [0.4, 0.5) is 0 Å². The summed E-state index contributed by atoms with van der Waals surface area (Å²) in [5, 5.41) is 10.3. The minimum Gasteiger partial charge on any atom is -0.494 e. The first kappa shape index (κ1) is 36.9. The molecule has 1 atom stereocenters. The van der Waals surface area contributed by atoms with Crippen molar-refractivity contribution in [2.24, 2.45) is 0 Å². The second kappa shape index (κ2) is 20.7. The lowest BCUT2D eigenvalue weighted by Gasteiger charge is -2.35. The summed E-state index contributed by atoms with van der Waals surface area (Å²) in [6.07, 6.45) is 2.86. The van der Waals surface area contributed by atoms with Gasteiger partial charge in [0.05, 0.1) is 47.6 Å². The number of ether oxygens (including phenoxy) is 4. The van der Waals surface area contributed by atoms with Crippen molar-refractivity contribution >= 4 is 23.9 Å². The number of carbonyl (C=O) groups is 4. The van der Waals surface area contributed by atoms with Gasteiger partial charge < -0.3 is 24.1 Å². The Hall–Kier alpha value is -3.26. The highest BCUT2D eigenvalue weighted by molar-refractivity contribution is 5.73. The first-order valence-corrected chi connectivity index (χ1v) is 15.2. The van der Waals surface area contributed by atoms with Gasteiger partial charge in [-0.25, -0.2) is 0 Å². The molecule has 0 aliphatic carbocycles. The summed E-state index contributed by atoms with van der Waals surface area (Å²) in [6, 6.07) is 7.24. The second-order valence-electron chi connectivity index (χ2n) is 10.8. The van der Waals surface area contributed by atoms with Crippen LogP contribution in [0.25, 0.3) is 0 Å². The lowest BCUT2D eigenvalue weighted by Crippen LogP contribution is -2.52. The Morgan fingerprint density at radius 3 is 1.52 bits per heavy atom. The monoisotopic (exact) mass is 622 g/mol. The highest BCUT2D eigenvalue weighted by Gasteiger charge is 2.28. The molecular weight excluding hydrogens is 572 g/mol. The lowest BCUT2D eigenvalue weighted by atomic mass is 10.0. The predicted molar refractivity (Wildman–Crippen MR) is 164 cm³/mol. The van der Waals surface area contributed by atoms with Crippen molar-refractivity contribution in [3.05, 3.63) is 29.8 Å². The van der Waals surface area contributed by atoms with Crippen LogP contribution in [-0.4, -0.2) is 155 Å².